The molecule has 0 bridgehead atoms. The summed E-state index contributed by atoms with van der Waals surface area (Å²) < 4.78 is 1.91. The molecule has 3 aromatic carbocycles. The molecule has 1 aromatic heterocycles. The Bertz CT molecular complexity index is 1060. The number of hydrogen-bond donors (Lipinski definition) is 0. The average Bonchev–Trinajstić information content (AvgIpc) is 3.13. The maximum absolute atomic E-state index is 4.83. The summed E-state index contributed by atoms with van der Waals surface area (Å²) in [4.78, 5) is 4.65. The van der Waals surface area contributed by atoms with Gasteiger partial charge in [-0.15, -0.1) is 0 Å². The normalized spacial score (nSPS) is 11.2. The summed E-state index contributed by atoms with van der Waals surface area (Å²) in [6.45, 7) is 4.17. The Morgan fingerprint density at radius 3 is 2.07 bits per heavy atom. The molecule has 3 nitrogen and oxygen atoms in total. The predicted molar refractivity (Wildman–Crippen MR) is 112 cm³/mol. The van der Waals surface area contributed by atoms with Gasteiger partial charge in [0.25, 0.3) is 0 Å². The fourth-order valence-corrected chi connectivity index (χ4v) is 2.91. The number of benzene rings is 3. The highest BCUT2D eigenvalue weighted by molar-refractivity contribution is 5.90. The number of nitrogens with zero attached hydrogens (tertiary/aromatic N) is 3. The Labute approximate surface area is 159 Å². The molecule has 0 aliphatic heterocycles. The van der Waals surface area contributed by atoms with E-state index >= 15 is 0 Å². The molecule has 4 aromatic rings. The lowest BCUT2D eigenvalue weighted by atomic mass is 10.1. The molecule has 0 fully saturated rings. The van der Waals surface area contributed by atoms with Gasteiger partial charge in [-0.3, -0.25) is 4.99 Å². The Morgan fingerprint density at radius 2 is 1.41 bits per heavy atom. The van der Waals surface area contributed by atoms with E-state index in [0.29, 0.717) is 0 Å². The molecule has 0 atom stereocenters. The molecular weight excluding hydrogens is 330 g/mol. The van der Waals surface area contributed by atoms with Crippen LogP contribution in [0.5, 0.6) is 0 Å². The van der Waals surface area contributed by atoms with Gasteiger partial charge in [0.15, 0.2) is 0 Å². The van der Waals surface area contributed by atoms with E-state index < -0.39 is 0 Å². The van der Waals surface area contributed by atoms with E-state index in [1.165, 1.54) is 11.1 Å². The zero-order valence-electron chi connectivity index (χ0n) is 15.5. The van der Waals surface area contributed by atoms with Crippen LogP contribution in [0, 0.1) is 13.8 Å². The third-order valence-electron chi connectivity index (χ3n) is 4.47. The van der Waals surface area contributed by atoms with Crippen LogP contribution >= 0.6 is 0 Å². The van der Waals surface area contributed by atoms with Gasteiger partial charge < -0.3 is 0 Å². The fraction of sp³-hybridized carbons (Fsp3) is 0.0833. The van der Waals surface area contributed by atoms with E-state index in [1.807, 2.05) is 59.6 Å². The van der Waals surface area contributed by atoms with Gasteiger partial charge in [-0.2, -0.15) is 5.10 Å². The lowest BCUT2D eigenvalue weighted by molar-refractivity contribution is 0.884. The number of aliphatic imine (C=N–C) groups is 1. The average molecular weight is 351 g/mol. The highest BCUT2D eigenvalue weighted by atomic mass is 15.3. The minimum Gasteiger partial charge on any atom is -0.256 e. The van der Waals surface area contributed by atoms with E-state index in [-0.39, 0.29) is 0 Å². The second-order valence-electron chi connectivity index (χ2n) is 6.67. The second kappa shape index (κ2) is 7.42. The molecule has 1 heterocycles. The van der Waals surface area contributed by atoms with E-state index in [0.717, 1.165) is 28.2 Å². The summed E-state index contributed by atoms with van der Waals surface area (Å²) in [5.74, 6) is 0. The molecular formula is C24H21N3. The van der Waals surface area contributed by atoms with Crippen molar-refractivity contribution in [1.82, 2.24) is 9.78 Å². The number of para-hydroxylation sites is 1. The standard InChI is InChI=1S/C24H21N3/c1-18-8-12-20(13-9-18)24-21(16-25-22-14-10-19(2)11-15-22)17-27(26-24)23-6-4-3-5-7-23/h3-17H,1-2H3. The van der Waals surface area contributed by atoms with Crippen LogP contribution < -0.4 is 0 Å². The van der Waals surface area contributed by atoms with Crippen molar-refractivity contribution in [2.24, 2.45) is 4.99 Å². The highest BCUT2D eigenvalue weighted by Crippen LogP contribution is 2.24. The Morgan fingerprint density at radius 1 is 0.778 bits per heavy atom. The summed E-state index contributed by atoms with van der Waals surface area (Å²) in [7, 11) is 0. The highest BCUT2D eigenvalue weighted by Gasteiger charge is 2.11. The third kappa shape index (κ3) is 3.87. The molecule has 0 saturated heterocycles. The summed E-state index contributed by atoms with van der Waals surface area (Å²) in [5.41, 5.74) is 7.42. The Hall–Kier alpha value is -3.46. The van der Waals surface area contributed by atoms with Crippen LogP contribution in [-0.2, 0) is 0 Å². The SMILES string of the molecule is Cc1ccc(N=Cc2cn(-c3ccccc3)nc2-c2ccc(C)cc2)cc1. The van der Waals surface area contributed by atoms with Crippen LogP contribution in [0.3, 0.4) is 0 Å². The van der Waals surface area contributed by atoms with Crippen LogP contribution in [0.15, 0.2) is 90.1 Å². The molecule has 4 rings (SSSR count). The molecule has 0 aliphatic carbocycles. The third-order valence-corrected chi connectivity index (χ3v) is 4.47. The van der Waals surface area contributed by atoms with E-state index in [4.69, 9.17) is 5.10 Å². The minimum atomic E-state index is 0.926. The molecule has 0 radical (unpaired) electrons. The second-order valence-corrected chi connectivity index (χ2v) is 6.67. The molecule has 0 amide bonds. The van der Waals surface area contributed by atoms with Gasteiger partial charge >= 0.3 is 0 Å². The summed E-state index contributed by atoms with van der Waals surface area (Å²) >= 11 is 0. The first kappa shape index (κ1) is 17.0. The molecule has 0 unspecified atom stereocenters. The molecule has 0 N–H and O–H groups in total. The van der Waals surface area contributed by atoms with Crippen LogP contribution in [0.25, 0.3) is 16.9 Å². The van der Waals surface area contributed by atoms with Crippen molar-refractivity contribution < 1.29 is 0 Å². The van der Waals surface area contributed by atoms with Crippen molar-refractivity contribution in [3.63, 3.8) is 0 Å². The van der Waals surface area contributed by atoms with Crippen LogP contribution in [-0.4, -0.2) is 16.0 Å². The van der Waals surface area contributed by atoms with Gasteiger partial charge in [0.2, 0.25) is 0 Å². The topological polar surface area (TPSA) is 30.2 Å². The largest absolute Gasteiger partial charge is 0.256 e. The molecule has 132 valence electrons. The lowest BCUT2D eigenvalue weighted by Crippen LogP contribution is -1.93. The fourth-order valence-electron chi connectivity index (χ4n) is 2.91. The zero-order valence-corrected chi connectivity index (χ0v) is 15.5. The smallest absolute Gasteiger partial charge is 0.101 e. The van der Waals surface area contributed by atoms with Crippen molar-refractivity contribution in [1.29, 1.82) is 0 Å². The number of aryl methyl sites for hydroxylation is 2. The van der Waals surface area contributed by atoms with Gasteiger partial charge in [0.1, 0.15) is 5.69 Å². The molecule has 0 aliphatic rings. The minimum absolute atomic E-state index is 0.926. The number of aromatic nitrogens is 2. The van der Waals surface area contributed by atoms with Gasteiger partial charge in [-0.25, -0.2) is 4.68 Å². The Kier molecular flexibility index (Phi) is 4.67. The van der Waals surface area contributed by atoms with E-state index in [2.05, 4.69) is 55.2 Å². The van der Waals surface area contributed by atoms with E-state index in [9.17, 15) is 0 Å². The monoisotopic (exact) mass is 351 g/mol. The first-order valence-corrected chi connectivity index (χ1v) is 9.02. The van der Waals surface area contributed by atoms with Gasteiger partial charge in [-0.1, -0.05) is 65.7 Å². The first-order valence-electron chi connectivity index (χ1n) is 9.02. The van der Waals surface area contributed by atoms with Crippen molar-refractivity contribution in [2.45, 2.75) is 13.8 Å². The zero-order chi connectivity index (χ0) is 18.6. The molecule has 0 saturated carbocycles. The lowest BCUT2D eigenvalue weighted by Gasteiger charge is -2.01. The summed E-state index contributed by atoms with van der Waals surface area (Å²) in [6.07, 6.45) is 3.93. The van der Waals surface area contributed by atoms with Crippen molar-refractivity contribution in [2.75, 3.05) is 0 Å². The maximum atomic E-state index is 4.83. The van der Waals surface area contributed by atoms with Crippen molar-refractivity contribution >= 4 is 11.9 Å². The summed E-state index contributed by atoms with van der Waals surface area (Å²) in [6, 6.07) is 26.8. The summed E-state index contributed by atoms with van der Waals surface area (Å²) in [5, 5.41) is 4.83. The van der Waals surface area contributed by atoms with Gasteiger partial charge in [-0.05, 0) is 38.1 Å². The van der Waals surface area contributed by atoms with Crippen LogP contribution in [0.2, 0.25) is 0 Å². The molecule has 0 spiro atoms. The molecule has 27 heavy (non-hydrogen) atoms. The van der Waals surface area contributed by atoms with Crippen molar-refractivity contribution in [3.8, 4) is 16.9 Å². The Balaban J connectivity index is 1.77. The predicted octanol–water partition coefficient (Wildman–Crippen LogP) is 5.91. The van der Waals surface area contributed by atoms with Crippen LogP contribution in [0.4, 0.5) is 5.69 Å². The van der Waals surface area contributed by atoms with Gasteiger partial charge in [0, 0.05) is 23.5 Å². The quantitative estimate of drug-likeness (QED) is 0.421. The molecule has 3 heteroatoms. The van der Waals surface area contributed by atoms with Crippen molar-refractivity contribution in [3.05, 3.63) is 102 Å². The number of rotatable bonds is 4. The number of hydrogen-bond acceptors (Lipinski definition) is 2. The first-order chi connectivity index (χ1) is 13.2. The maximum Gasteiger partial charge on any atom is 0.101 e. The van der Waals surface area contributed by atoms with Gasteiger partial charge in [0.05, 0.1) is 11.4 Å². The van der Waals surface area contributed by atoms with E-state index in [1.54, 1.807) is 0 Å². The van der Waals surface area contributed by atoms with Crippen LogP contribution in [0.1, 0.15) is 16.7 Å².